The normalized spacial score (nSPS) is 11.9. The average Bonchev–Trinajstić information content (AvgIpc) is 3.05. The van der Waals surface area contributed by atoms with Crippen molar-refractivity contribution >= 4 is 22.7 Å². The third-order valence-electron chi connectivity index (χ3n) is 4.04. The first-order valence-corrected chi connectivity index (χ1v) is 8.01. The minimum Gasteiger partial charge on any atom is -0.497 e. The Morgan fingerprint density at radius 2 is 1.80 bits per heavy atom. The van der Waals surface area contributed by atoms with Crippen LogP contribution in [0, 0.1) is 0 Å². The fraction of sp³-hybridized carbons (Fsp3) is 0.200. The number of para-hydroxylation sites is 1. The van der Waals surface area contributed by atoms with Gasteiger partial charge in [-0.3, -0.25) is 9.59 Å². The zero-order valence-electron chi connectivity index (χ0n) is 14.1. The number of H-pyrrole nitrogens is 1. The molecule has 1 N–H and O–H groups in total. The zero-order chi connectivity index (χ0) is 17.8. The minimum absolute atomic E-state index is 0.107. The van der Waals surface area contributed by atoms with E-state index in [0.717, 1.165) is 22.2 Å². The summed E-state index contributed by atoms with van der Waals surface area (Å²) in [5, 5.41) is 0.825. The molecule has 1 aromatic heterocycles. The molecule has 0 fully saturated rings. The van der Waals surface area contributed by atoms with Crippen LogP contribution in [0.4, 0.5) is 0 Å². The van der Waals surface area contributed by atoms with Gasteiger partial charge in [0.15, 0.2) is 6.10 Å². The summed E-state index contributed by atoms with van der Waals surface area (Å²) in [5.74, 6) is 0.0615. The number of Topliss-reactive ketones (excluding diaryl/α,β-unsaturated/α-hetero) is 1. The summed E-state index contributed by atoms with van der Waals surface area (Å²) in [5.41, 5.74) is 2.21. The molecule has 0 aliphatic heterocycles. The summed E-state index contributed by atoms with van der Waals surface area (Å²) >= 11 is 0. The number of benzene rings is 2. The number of aromatic amines is 1. The topological polar surface area (TPSA) is 68.4 Å². The largest absolute Gasteiger partial charge is 0.497 e. The van der Waals surface area contributed by atoms with E-state index < -0.39 is 12.1 Å². The number of esters is 1. The molecule has 0 spiro atoms. The Balaban J connectivity index is 1.65. The smallest absolute Gasteiger partial charge is 0.310 e. The summed E-state index contributed by atoms with van der Waals surface area (Å²) in [6.45, 7) is 1.59. The molecule has 5 heteroatoms. The molecule has 0 bridgehead atoms. The number of ether oxygens (including phenoxy) is 2. The van der Waals surface area contributed by atoms with Crippen molar-refractivity contribution in [3.05, 3.63) is 65.9 Å². The Labute approximate surface area is 145 Å². The first kappa shape index (κ1) is 16.8. The van der Waals surface area contributed by atoms with Gasteiger partial charge >= 0.3 is 5.97 Å². The number of hydrogen-bond acceptors (Lipinski definition) is 4. The van der Waals surface area contributed by atoms with Crippen molar-refractivity contribution in [2.45, 2.75) is 19.4 Å². The standard InChI is InChI=1S/C20H19NO4/c1-13(20(23)17-12-21-18-6-4-3-5-16(17)18)25-19(22)11-14-7-9-15(24-2)10-8-14/h3-10,12-13,21H,11H2,1-2H3. The molecule has 0 amide bonds. The number of hydrogen-bond donors (Lipinski definition) is 1. The predicted molar refractivity (Wildman–Crippen MR) is 94.9 cm³/mol. The van der Waals surface area contributed by atoms with E-state index in [1.54, 1.807) is 44.5 Å². The lowest BCUT2D eigenvalue weighted by atomic mass is 10.1. The number of aromatic nitrogens is 1. The Kier molecular flexibility index (Phi) is 4.84. The van der Waals surface area contributed by atoms with Crippen LogP contribution in [0.25, 0.3) is 10.9 Å². The van der Waals surface area contributed by atoms with Crippen molar-refractivity contribution in [3.63, 3.8) is 0 Å². The quantitative estimate of drug-likeness (QED) is 0.552. The summed E-state index contributed by atoms with van der Waals surface area (Å²) in [6.07, 6.45) is 0.918. The summed E-state index contributed by atoms with van der Waals surface area (Å²) in [6, 6.07) is 14.7. The predicted octanol–water partition coefficient (Wildman–Crippen LogP) is 3.53. The Morgan fingerprint density at radius 1 is 1.08 bits per heavy atom. The van der Waals surface area contributed by atoms with Crippen molar-refractivity contribution in [1.29, 1.82) is 0 Å². The fourth-order valence-electron chi connectivity index (χ4n) is 2.70. The highest BCUT2D eigenvalue weighted by Crippen LogP contribution is 2.20. The van der Waals surface area contributed by atoms with Crippen LogP contribution in [-0.2, 0) is 16.0 Å². The van der Waals surface area contributed by atoms with Crippen molar-refractivity contribution in [2.75, 3.05) is 7.11 Å². The van der Waals surface area contributed by atoms with Crippen LogP contribution < -0.4 is 4.74 Å². The third-order valence-corrected chi connectivity index (χ3v) is 4.04. The zero-order valence-corrected chi connectivity index (χ0v) is 14.1. The molecular formula is C20H19NO4. The molecule has 1 atom stereocenters. The average molecular weight is 337 g/mol. The first-order valence-electron chi connectivity index (χ1n) is 8.01. The van der Waals surface area contributed by atoms with Crippen LogP contribution in [0.15, 0.2) is 54.7 Å². The number of rotatable bonds is 6. The molecular weight excluding hydrogens is 318 g/mol. The number of carbonyl (C=O) groups is 2. The summed E-state index contributed by atoms with van der Waals surface area (Å²) in [7, 11) is 1.58. The fourth-order valence-corrected chi connectivity index (χ4v) is 2.70. The second kappa shape index (κ2) is 7.21. The molecule has 25 heavy (non-hydrogen) atoms. The molecule has 0 saturated heterocycles. The lowest BCUT2D eigenvalue weighted by molar-refractivity contribution is -0.145. The summed E-state index contributed by atoms with van der Waals surface area (Å²) in [4.78, 5) is 27.7. The lowest BCUT2D eigenvalue weighted by Crippen LogP contribution is -2.25. The molecule has 1 heterocycles. The van der Waals surface area contributed by atoms with Gasteiger partial charge < -0.3 is 14.5 Å². The van der Waals surface area contributed by atoms with Gasteiger partial charge in [-0.25, -0.2) is 0 Å². The van der Waals surface area contributed by atoms with Gasteiger partial charge in [-0.15, -0.1) is 0 Å². The first-order chi connectivity index (χ1) is 12.1. The maximum Gasteiger partial charge on any atom is 0.310 e. The Hall–Kier alpha value is -3.08. The SMILES string of the molecule is COc1ccc(CC(=O)OC(C)C(=O)c2c[nH]c3ccccc23)cc1. The maximum absolute atomic E-state index is 12.6. The highest BCUT2D eigenvalue weighted by molar-refractivity contribution is 6.10. The Morgan fingerprint density at radius 3 is 2.52 bits per heavy atom. The van der Waals surface area contributed by atoms with Gasteiger partial charge in [0.1, 0.15) is 5.75 Å². The van der Waals surface area contributed by atoms with Crippen LogP contribution in [0.5, 0.6) is 5.75 Å². The molecule has 0 radical (unpaired) electrons. The van der Waals surface area contributed by atoms with E-state index in [1.165, 1.54) is 0 Å². The third kappa shape index (κ3) is 3.71. The highest BCUT2D eigenvalue weighted by atomic mass is 16.5. The van der Waals surface area contributed by atoms with Crippen molar-refractivity contribution in [3.8, 4) is 5.75 Å². The molecule has 5 nitrogen and oxygen atoms in total. The van der Waals surface area contributed by atoms with Gasteiger partial charge in [-0.05, 0) is 30.7 Å². The van der Waals surface area contributed by atoms with Crippen LogP contribution in [0.2, 0.25) is 0 Å². The van der Waals surface area contributed by atoms with E-state index in [4.69, 9.17) is 9.47 Å². The van der Waals surface area contributed by atoms with E-state index >= 15 is 0 Å². The second-order valence-electron chi connectivity index (χ2n) is 5.77. The van der Waals surface area contributed by atoms with Gasteiger partial charge in [0.05, 0.1) is 13.5 Å². The summed E-state index contributed by atoms with van der Waals surface area (Å²) < 4.78 is 10.4. The van der Waals surface area contributed by atoms with Gasteiger partial charge in [-0.1, -0.05) is 30.3 Å². The molecule has 0 saturated carbocycles. The van der Waals surface area contributed by atoms with Crippen molar-refractivity contribution < 1.29 is 19.1 Å². The van der Waals surface area contributed by atoms with Crippen LogP contribution in [0.3, 0.4) is 0 Å². The monoisotopic (exact) mass is 337 g/mol. The number of fused-ring (bicyclic) bond motifs is 1. The van der Waals surface area contributed by atoms with E-state index in [-0.39, 0.29) is 12.2 Å². The molecule has 2 aromatic carbocycles. The van der Waals surface area contributed by atoms with E-state index in [1.807, 2.05) is 24.3 Å². The van der Waals surface area contributed by atoms with Gasteiger partial charge in [0, 0.05) is 22.7 Å². The second-order valence-corrected chi connectivity index (χ2v) is 5.77. The van der Waals surface area contributed by atoms with Gasteiger partial charge in [-0.2, -0.15) is 0 Å². The van der Waals surface area contributed by atoms with Crippen LogP contribution in [-0.4, -0.2) is 30.0 Å². The molecule has 3 aromatic rings. The van der Waals surface area contributed by atoms with E-state index in [2.05, 4.69) is 4.98 Å². The molecule has 3 rings (SSSR count). The van der Waals surface area contributed by atoms with Gasteiger partial charge in [0.25, 0.3) is 0 Å². The molecule has 0 aliphatic rings. The van der Waals surface area contributed by atoms with E-state index in [0.29, 0.717) is 5.56 Å². The molecule has 0 aliphatic carbocycles. The van der Waals surface area contributed by atoms with E-state index in [9.17, 15) is 9.59 Å². The number of nitrogens with one attached hydrogen (secondary N) is 1. The molecule has 1 unspecified atom stereocenters. The number of carbonyl (C=O) groups excluding carboxylic acids is 2. The van der Waals surface area contributed by atoms with Crippen LogP contribution in [0.1, 0.15) is 22.8 Å². The van der Waals surface area contributed by atoms with Gasteiger partial charge in [0.2, 0.25) is 5.78 Å². The maximum atomic E-state index is 12.6. The van der Waals surface area contributed by atoms with Crippen molar-refractivity contribution in [2.24, 2.45) is 0 Å². The van der Waals surface area contributed by atoms with Crippen molar-refractivity contribution in [1.82, 2.24) is 4.98 Å². The van der Waals surface area contributed by atoms with Crippen LogP contribution >= 0.6 is 0 Å². The Bertz CT molecular complexity index is 895. The number of methoxy groups -OCH3 is 1. The minimum atomic E-state index is -0.843. The highest BCUT2D eigenvalue weighted by Gasteiger charge is 2.22. The number of ketones is 1. The lowest BCUT2D eigenvalue weighted by Gasteiger charge is -2.12. The molecule has 128 valence electrons.